The van der Waals surface area contributed by atoms with Crippen LogP contribution in [-0.2, 0) is 0 Å². The molecule has 2 aromatic rings. The zero-order valence-electron chi connectivity index (χ0n) is 15.5. The minimum atomic E-state index is 0.130. The van der Waals surface area contributed by atoms with Gasteiger partial charge in [-0.1, -0.05) is 92.5 Å². The van der Waals surface area contributed by atoms with E-state index in [0.29, 0.717) is 0 Å². The Bertz CT molecular complexity index is 794. The van der Waals surface area contributed by atoms with E-state index in [0.717, 1.165) is 34.5 Å². The maximum absolute atomic E-state index is 5.13. The number of nitrogens with zero attached hydrogens (tertiary/aromatic N) is 2. The molecule has 2 rings (SSSR count). The van der Waals surface area contributed by atoms with Gasteiger partial charge in [0, 0.05) is 11.5 Å². The molecule has 0 aliphatic carbocycles. The van der Waals surface area contributed by atoms with Crippen molar-refractivity contribution in [2.75, 3.05) is 11.5 Å². The van der Waals surface area contributed by atoms with Crippen LogP contribution in [0, 0.1) is 18.7 Å². The summed E-state index contributed by atoms with van der Waals surface area (Å²) in [4.78, 5) is 0. The summed E-state index contributed by atoms with van der Waals surface area (Å²) >= 11 is 16.8. The van der Waals surface area contributed by atoms with Crippen molar-refractivity contribution >= 4 is 70.6 Å². The Labute approximate surface area is 181 Å². The van der Waals surface area contributed by atoms with Gasteiger partial charge in [-0.25, -0.2) is 0 Å². The Hall–Kier alpha value is -0.000000000000000167. The topological polar surface area (TPSA) is 57.4 Å². The fourth-order valence-electron chi connectivity index (χ4n) is 2.96. The zero-order chi connectivity index (χ0) is 19.4. The number of allylic oxidation sites excluding steroid dienone is 1. The van der Waals surface area contributed by atoms with Crippen molar-refractivity contribution in [3.05, 3.63) is 19.6 Å². The van der Waals surface area contributed by atoms with Gasteiger partial charge in [0.2, 0.25) is 0 Å². The number of hydrogen-bond donors (Lipinski definition) is 2. The molecule has 144 valence electrons. The highest BCUT2D eigenvalue weighted by Crippen LogP contribution is 2.37. The second-order valence-corrected chi connectivity index (χ2v) is 13.6. The number of aromatic nitrogens is 4. The zero-order valence-corrected chi connectivity index (χ0v) is 20.4. The lowest BCUT2D eigenvalue weighted by Crippen LogP contribution is -2.19. The molecular weight excluding hydrogens is 441 g/mol. The molecule has 0 bridgehead atoms. The molecule has 0 aliphatic heterocycles. The van der Waals surface area contributed by atoms with Crippen molar-refractivity contribution in [2.45, 2.75) is 49.7 Å². The lowest BCUT2D eigenvalue weighted by atomic mass is 9.75. The van der Waals surface area contributed by atoms with Crippen LogP contribution in [0.5, 0.6) is 0 Å². The third kappa shape index (κ3) is 8.35. The Morgan fingerprint density at radius 1 is 0.962 bits per heavy atom. The van der Waals surface area contributed by atoms with Crippen LogP contribution in [-0.4, -0.2) is 31.9 Å². The molecule has 0 atom stereocenters. The van der Waals surface area contributed by atoms with E-state index in [4.69, 9.17) is 24.4 Å². The predicted octanol–water partition coefficient (Wildman–Crippen LogP) is 6.99. The molecule has 0 aliphatic rings. The Morgan fingerprint density at radius 2 is 1.42 bits per heavy atom. The molecule has 26 heavy (non-hydrogen) atoms. The Morgan fingerprint density at radius 3 is 1.77 bits per heavy atom. The van der Waals surface area contributed by atoms with E-state index in [9.17, 15) is 0 Å². The predicted molar refractivity (Wildman–Crippen MR) is 122 cm³/mol. The van der Waals surface area contributed by atoms with Crippen molar-refractivity contribution in [3.8, 4) is 0 Å². The summed E-state index contributed by atoms with van der Waals surface area (Å²) in [5.74, 6) is 1.79. The van der Waals surface area contributed by atoms with Crippen LogP contribution in [0.25, 0.3) is 0 Å². The van der Waals surface area contributed by atoms with Gasteiger partial charge in [-0.2, -0.15) is 10.2 Å². The van der Waals surface area contributed by atoms with E-state index >= 15 is 0 Å². The molecule has 0 aromatic carbocycles. The molecule has 0 radical (unpaired) electrons. The lowest BCUT2D eigenvalue weighted by molar-refractivity contribution is 0.261. The van der Waals surface area contributed by atoms with Crippen LogP contribution in [0.4, 0.5) is 0 Å². The average Bonchev–Trinajstić information content (AvgIpc) is 3.07. The number of thioether (sulfide) groups is 2. The highest BCUT2D eigenvalue weighted by Gasteiger charge is 2.24. The van der Waals surface area contributed by atoms with Crippen molar-refractivity contribution in [3.63, 3.8) is 0 Å². The molecule has 0 fully saturated rings. The van der Waals surface area contributed by atoms with E-state index in [1.165, 1.54) is 28.2 Å². The molecule has 2 aromatic heterocycles. The van der Waals surface area contributed by atoms with Crippen LogP contribution < -0.4 is 0 Å². The molecule has 2 heterocycles. The standard InChI is InChI=1S/C16H24N4S6/c1-15(2,3)9-16(4,5)6-10(7-23-13-19-17-11(21)25-13)8-24-14-20-18-12(22)26-14/h6H,7-9H2,1-5H3,(H,17,21)(H,18,22). The first-order valence-corrected chi connectivity index (χ1v) is 12.5. The van der Waals surface area contributed by atoms with Crippen molar-refractivity contribution < 1.29 is 0 Å². The SMILES string of the molecule is CC(C)(C)CC(C)(C)C=C(CSc1n[nH]c(=S)s1)CSc1n[nH]c(=S)s1. The summed E-state index contributed by atoms with van der Waals surface area (Å²) in [5.41, 5.74) is 1.80. The summed E-state index contributed by atoms with van der Waals surface area (Å²) in [6.07, 6.45) is 3.55. The minimum absolute atomic E-state index is 0.130. The third-order valence-electron chi connectivity index (χ3n) is 3.18. The normalized spacial score (nSPS) is 12.3. The maximum Gasteiger partial charge on any atom is 0.177 e. The van der Waals surface area contributed by atoms with E-state index in [1.54, 1.807) is 23.5 Å². The van der Waals surface area contributed by atoms with Crippen LogP contribution >= 0.6 is 70.6 Å². The monoisotopic (exact) mass is 464 g/mol. The summed E-state index contributed by atoms with van der Waals surface area (Å²) in [6, 6.07) is 0. The van der Waals surface area contributed by atoms with Gasteiger partial charge in [0.25, 0.3) is 0 Å². The minimum Gasteiger partial charge on any atom is -0.257 e. The molecule has 0 spiro atoms. The maximum atomic E-state index is 5.13. The second-order valence-electron chi connectivity index (χ2n) is 7.86. The van der Waals surface area contributed by atoms with Crippen molar-refractivity contribution in [2.24, 2.45) is 10.8 Å². The number of rotatable bonds is 8. The molecule has 2 N–H and O–H groups in total. The number of aromatic amines is 2. The van der Waals surface area contributed by atoms with Gasteiger partial charge in [0.05, 0.1) is 0 Å². The summed E-state index contributed by atoms with van der Waals surface area (Å²) in [5, 5.41) is 14.2. The highest BCUT2D eigenvalue weighted by molar-refractivity contribution is 8.02. The van der Waals surface area contributed by atoms with E-state index in [2.05, 4.69) is 61.1 Å². The molecule has 0 unspecified atom stereocenters. The lowest BCUT2D eigenvalue weighted by Gasteiger charge is -2.30. The molecule has 0 amide bonds. The van der Waals surface area contributed by atoms with Gasteiger partial charge < -0.3 is 0 Å². The quantitative estimate of drug-likeness (QED) is 0.249. The van der Waals surface area contributed by atoms with Crippen LogP contribution in [0.3, 0.4) is 0 Å². The summed E-state index contributed by atoms with van der Waals surface area (Å²) in [7, 11) is 0. The van der Waals surface area contributed by atoms with Gasteiger partial charge in [-0.3, -0.25) is 10.2 Å². The Kier molecular flexibility index (Phi) is 8.12. The molecule has 4 nitrogen and oxygen atoms in total. The van der Waals surface area contributed by atoms with Gasteiger partial charge in [0.15, 0.2) is 16.6 Å². The van der Waals surface area contributed by atoms with Gasteiger partial charge in [0.1, 0.15) is 0 Å². The van der Waals surface area contributed by atoms with Gasteiger partial charge in [-0.05, 0) is 41.7 Å². The molecule has 0 saturated carbocycles. The van der Waals surface area contributed by atoms with Gasteiger partial charge in [-0.15, -0.1) is 0 Å². The molecule has 10 heteroatoms. The fraction of sp³-hybridized carbons (Fsp3) is 0.625. The summed E-state index contributed by atoms with van der Waals surface area (Å²) in [6.45, 7) is 11.5. The number of hydrogen-bond acceptors (Lipinski definition) is 8. The first-order valence-electron chi connectivity index (χ1n) is 8.10. The van der Waals surface area contributed by atoms with Crippen molar-refractivity contribution in [1.82, 2.24) is 20.4 Å². The molecule has 0 saturated heterocycles. The van der Waals surface area contributed by atoms with E-state index in [1.807, 2.05) is 0 Å². The smallest absolute Gasteiger partial charge is 0.177 e. The first-order chi connectivity index (χ1) is 12.0. The van der Waals surface area contributed by atoms with Crippen LogP contribution in [0.15, 0.2) is 20.3 Å². The van der Waals surface area contributed by atoms with Crippen molar-refractivity contribution in [1.29, 1.82) is 0 Å². The van der Waals surface area contributed by atoms with Crippen LogP contribution in [0.1, 0.15) is 41.0 Å². The average molecular weight is 465 g/mol. The number of nitrogens with one attached hydrogen (secondary N) is 2. The largest absolute Gasteiger partial charge is 0.257 e. The Balaban J connectivity index is 2.11. The number of H-pyrrole nitrogens is 2. The van der Waals surface area contributed by atoms with Gasteiger partial charge >= 0.3 is 0 Å². The van der Waals surface area contributed by atoms with E-state index in [-0.39, 0.29) is 10.8 Å². The fourth-order valence-corrected chi connectivity index (χ4v) is 7.19. The van der Waals surface area contributed by atoms with E-state index < -0.39 is 0 Å². The second kappa shape index (κ2) is 9.47. The molecular formula is C16H24N4S6. The summed E-state index contributed by atoms with van der Waals surface area (Å²) < 4.78 is 3.40. The first kappa shape index (κ1) is 22.3. The highest BCUT2D eigenvalue weighted by atomic mass is 32.2. The van der Waals surface area contributed by atoms with Crippen LogP contribution in [0.2, 0.25) is 0 Å². The third-order valence-corrected chi connectivity index (χ3v) is 7.86.